The second-order valence-electron chi connectivity index (χ2n) is 3.34. The fourth-order valence-corrected chi connectivity index (χ4v) is 2.06. The smallest absolute Gasteiger partial charge is 0.177 e. The van der Waals surface area contributed by atoms with E-state index in [1.165, 1.54) is 25.3 Å². The van der Waals surface area contributed by atoms with Gasteiger partial charge >= 0.3 is 0 Å². The second-order valence-corrected chi connectivity index (χ2v) is 5.89. The molecule has 0 aliphatic heterocycles. The largest absolute Gasteiger partial charge is 0.495 e. The van der Waals surface area contributed by atoms with Crippen molar-refractivity contribution >= 4 is 27.2 Å². The van der Waals surface area contributed by atoms with Gasteiger partial charge in [0.15, 0.2) is 15.6 Å². The molecule has 1 aromatic rings. The van der Waals surface area contributed by atoms with Crippen LogP contribution in [0.15, 0.2) is 18.2 Å². The minimum atomic E-state index is -3.32. The summed E-state index contributed by atoms with van der Waals surface area (Å²) in [6.07, 6.45) is 1.01. The summed E-state index contributed by atoms with van der Waals surface area (Å²) in [5.74, 6) is -0.556. The zero-order valence-electron chi connectivity index (χ0n) is 8.86. The van der Waals surface area contributed by atoms with Crippen LogP contribution in [0.25, 0.3) is 0 Å². The first-order valence-corrected chi connectivity index (χ1v) is 6.82. The third-order valence-corrected chi connectivity index (χ3v) is 2.95. The number of ether oxygens (including phenoxy) is 1. The molecule has 0 unspecified atom stereocenters. The van der Waals surface area contributed by atoms with Gasteiger partial charge in [-0.2, -0.15) is 0 Å². The molecule has 0 fully saturated rings. The van der Waals surface area contributed by atoms with Gasteiger partial charge in [-0.05, 0) is 18.2 Å². The van der Waals surface area contributed by atoms with Gasteiger partial charge in [-0.1, -0.05) is 11.6 Å². The Labute approximate surface area is 99.1 Å². The molecule has 0 N–H and O–H groups in total. The molecule has 6 heteroatoms. The Morgan fingerprint density at radius 2 is 2.06 bits per heavy atom. The predicted octanol–water partition coefficient (Wildman–Crippen LogP) is 1.58. The van der Waals surface area contributed by atoms with Gasteiger partial charge in [0.2, 0.25) is 0 Å². The van der Waals surface area contributed by atoms with E-state index in [9.17, 15) is 13.2 Å². The summed E-state index contributed by atoms with van der Waals surface area (Å²) in [5, 5.41) is 0.279. The molecule has 0 aliphatic carbocycles. The van der Waals surface area contributed by atoms with Gasteiger partial charge < -0.3 is 4.74 Å². The fourth-order valence-electron chi connectivity index (χ4n) is 1.16. The average Bonchev–Trinajstić information content (AvgIpc) is 2.15. The number of carbonyl (C=O) groups is 1. The normalized spacial score (nSPS) is 11.2. The maximum Gasteiger partial charge on any atom is 0.177 e. The highest BCUT2D eigenvalue weighted by molar-refractivity contribution is 7.91. The Balaban J connectivity index is 2.98. The van der Waals surface area contributed by atoms with E-state index >= 15 is 0 Å². The van der Waals surface area contributed by atoms with Gasteiger partial charge in [0.05, 0.1) is 12.1 Å². The topological polar surface area (TPSA) is 60.4 Å². The molecule has 0 saturated carbocycles. The van der Waals surface area contributed by atoms with Crippen molar-refractivity contribution in [2.75, 3.05) is 19.1 Å². The minimum absolute atomic E-state index is 0.260. The van der Waals surface area contributed by atoms with Gasteiger partial charge in [-0.25, -0.2) is 8.42 Å². The fraction of sp³-hybridized carbons (Fsp3) is 0.300. The standard InChI is InChI=1S/C10H11ClO4S/c1-15-10-4-3-7(5-8(10)11)9(12)6-16(2,13)14/h3-5H,6H2,1-2H3. The second kappa shape index (κ2) is 4.84. The van der Waals surface area contributed by atoms with Gasteiger partial charge in [-0.15, -0.1) is 0 Å². The highest BCUT2D eigenvalue weighted by Gasteiger charge is 2.14. The maximum atomic E-state index is 11.5. The Kier molecular flexibility index (Phi) is 3.93. The van der Waals surface area contributed by atoms with Crippen LogP contribution in [0.1, 0.15) is 10.4 Å². The number of halogens is 1. The van der Waals surface area contributed by atoms with Crippen LogP contribution in [0.2, 0.25) is 5.02 Å². The lowest BCUT2D eigenvalue weighted by atomic mass is 10.1. The van der Waals surface area contributed by atoms with Gasteiger partial charge in [0.25, 0.3) is 0 Å². The number of carbonyl (C=O) groups excluding carboxylic acids is 1. The van der Waals surface area contributed by atoms with E-state index in [-0.39, 0.29) is 10.6 Å². The Hall–Kier alpha value is -1.07. The van der Waals surface area contributed by atoms with Crippen LogP contribution < -0.4 is 4.74 Å². The molecular formula is C10H11ClO4S. The molecule has 0 atom stereocenters. The van der Waals surface area contributed by atoms with Crippen molar-refractivity contribution < 1.29 is 17.9 Å². The number of Topliss-reactive ketones (excluding diaryl/α,β-unsaturated/α-hetero) is 1. The van der Waals surface area contributed by atoms with Crippen molar-refractivity contribution in [1.82, 2.24) is 0 Å². The quantitative estimate of drug-likeness (QED) is 0.773. The summed E-state index contributed by atoms with van der Waals surface area (Å²) in [7, 11) is -1.87. The number of ketones is 1. The van der Waals surface area contributed by atoms with Crippen LogP contribution in [-0.4, -0.2) is 33.3 Å². The summed E-state index contributed by atoms with van der Waals surface area (Å²) in [4.78, 5) is 11.5. The first kappa shape index (κ1) is 13.0. The SMILES string of the molecule is COc1ccc(C(=O)CS(C)(=O)=O)cc1Cl. The van der Waals surface area contributed by atoms with Crippen molar-refractivity contribution in [2.24, 2.45) is 0 Å². The van der Waals surface area contributed by atoms with Crippen LogP contribution >= 0.6 is 11.6 Å². The molecule has 1 aromatic carbocycles. The van der Waals surface area contributed by atoms with Crippen LogP contribution in [0.3, 0.4) is 0 Å². The molecule has 0 radical (unpaired) electrons. The first-order chi connectivity index (χ1) is 7.33. The lowest BCUT2D eigenvalue weighted by Crippen LogP contribution is -2.14. The van der Waals surface area contributed by atoms with Crippen molar-refractivity contribution in [3.05, 3.63) is 28.8 Å². The van der Waals surface area contributed by atoms with E-state index in [2.05, 4.69) is 0 Å². The third-order valence-electron chi connectivity index (χ3n) is 1.87. The van der Waals surface area contributed by atoms with E-state index in [0.717, 1.165) is 6.26 Å². The third kappa shape index (κ3) is 3.50. The maximum absolute atomic E-state index is 11.5. The number of benzene rings is 1. The van der Waals surface area contributed by atoms with Crippen molar-refractivity contribution in [1.29, 1.82) is 0 Å². The van der Waals surface area contributed by atoms with E-state index in [0.29, 0.717) is 5.75 Å². The van der Waals surface area contributed by atoms with E-state index in [4.69, 9.17) is 16.3 Å². The molecular weight excluding hydrogens is 252 g/mol. The van der Waals surface area contributed by atoms with E-state index in [1.54, 1.807) is 0 Å². The summed E-state index contributed by atoms with van der Waals surface area (Å²) in [6.45, 7) is 0. The average molecular weight is 263 g/mol. The Morgan fingerprint density at radius 1 is 1.44 bits per heavy atom. The van der Waals surface area contributed by atoms with Crippen molar-refractivity contribution in [2.45, 2.75) is 0 Å². The molecule has 0 aromatic heterocycles. The molecule has 0 amide bonds. The van der Waals surface area contributed by atoms with Crippen LogP contribution in [0.5, 0.6) is 5.75 Å². The van der Waals surface area contributed by atoms with Crippen LogP contribution in [0.4, 0.5) is 0 Å². The van der Waals surface area contributed by atoms with Crippen LogP contribution in [0, 0.1) is 0 Å². The number of sulfone groups is 1. The van der Waals surface area contributed by atoms with Crippen molar-refractivity contribution in [3.8, 4) is 5.75 Å². The zero-order valence-corrected chi connectivity index (χ0v) is 10.4. The number of hydrogen-bond donors (Lipinski definition) is 0. The molecule has 1 rings (SSSR count). The van der Waals surface area contributed by atoms with Crippen molar-refractivity contribution in [3.63, 3.8) is 0 Å². The summed E-state index contributed by atoms with van der Waals surface area (Å²) < 4.78 is 26.8. The summed E-state index contributed by atoms with van der Waals surface area (Å²) >= 11 is 5.82. The van der Waals surface area contributed by atoms with E-state index < -0.39 is 21.4 Å². The molecule has 88 valence electrons. The molecule has 0 aliphatic rings. The number of methoxy groups -OCH3 is 1. The highest BCUT2D eigenvalue weighted by atomic mass is 35.5. The van der Waals surface area contributed by atoms with Gasteiger partial charge in [0.1, 0.15) is 11.5 Å². The molecule has 0 bridgehead atoms. The lowest BCUT2D eigenvalue weighted by molar-refractivity contribution is 0.102. The minimum Gasteiger partial charge on any atom is -0.495 e. The molecule has 0 spiro atoms. The molecule has 0 heterocycles. The highest BCUT2D eigenvalue weighted by Crippen LogP contribution is 2.25. The monoisotopic (exact) mass is 262 g/mol. The van der Waals surface area contributed by atoms with E-state index in [1.807, 2.05) is 0 Å². The van der Waals surface area contributed by atoms with Crippen LogP contribution in [-0.2, 0) is 9.84 Å². The summed E-state index contributed by atoms with van der Waals surface area (Å²) in [5.41, 5.74) is 0.260. The first-order valence-electron chi connectivity index (χ1n) is 4.38. The van der Waals surface area contributed by atoms with Gasteiger partial charge in [0, 0.05) is 11.8 Å². The number of rotatable bonds is 4. The van der Waals surface area contributed by atoms with Gasteiger partial charge in [-0.3, -0.25) is 4.79 Å². The molecule has 4 nitrogen and oxygen atoms in total. The predicted molar refractivity (Wildman–Crippen MR) is 62.0 cm³/mol. The number of hydrogen-bond acceptors (Lipinski definition) is 4. The lowest BCUT2D eigenvalue weighted by Gasteiger charge is -2.04. The zero-order chi connectivity index (χ0) is 12.3. The Morgan fingerprint density at radius 3 is 2.50 bits per heavy atom. The Bertz CT molecular complexity index is 508. The molecule has 0 saturated heterocycles. The summed E-state index contributed by atoms with van der Waals surface area (Å²) in [6, 6.07) is 4.41. The molecule has 16 heavy (non-hydrogen) atoms.